The second kappa shape index (κ2) is 11.2. The van der Waals surface area contributed by atoms with Gasteiger partial charge in [-0.3, -0.25) is 0 Å². The summed E-state index contributed by atoms with van der Waals surface area (Å²) in [5.74, 6) is 0. The van der Waals surface area contributed by atoms with Crippen molar-refractivity contribution in [2.75, 3.05) is 0 Å². The quantitative estimate of drug-likeness (QED) is 0.198. The summed E-state index contributed by atoms with van der Waals surface area (Å²) in [4.78, 5) is 0. The van der Waals surface area contributed by atoms with Gasteiger partial charge in [0.1, 0.15) is 0 Å². The normalized spacial score (nSPS) is 13.3. The third-order valence-corrected chi connectivity index (χ3v) is 12.4. The van der Waals surface area contributed by atoms with E-state index in [1.54, 1.807) is 0 Å². The predicted octanol–water partition coefficient (Wildman–Crippen LogP) is 8.79. The van der Waals surface area contributed by atoms with Crippen LogP contribution in [0.4, 0.5) is 0 Å². The maximum absolute atomic E-state index is 2.38. The van der Waals surface area contributed by atoms with Gasteiger partial charge in [-0.25, -0.2) is 0 Å². The van der Waals surface area contributed by atoms with E-state index >= 15 is 0 Å². The first-order chi connectivity index (χ1) is 19.6. The van der Waals surface area contributed by atoms with Crippen LogP contribution < -0.4 is 15.9 Å². The Morgan fingerprint density at radius 1 is 0.450 bits per heavy atom. The van der Waals surface area contributed by atoms with E-state index in [9.17, 15) is 0 Å². The molecule has 0 heterocycles. The van der Waals surface area contributed by atoms with Gasteiger partial charge in [0, 0.05) is 0 Å². The Morgan fingerprint density at radius 2 is 0.875 bits per heavy atom. The zero-order valence-electron chi connectivity index (χ0n) is 23.5. The molecular weight excluding hydrogens is 499 g/mol. The van der Waals surface area contributed by atoms with Crippen molar-refractivity contribution >= 4 is 33.7 Å². The van der Waals surface area contributed by atoms with Gasteiger partial charge in [-0.05, 0) is 77.5 Å². The SMILES string of the molecule is Cc1ccc(P(=C2CC=CC=C2c2ccc(-c3ccccc3)cc2)(c2ccc(C)cc2)c2ccc(C)cc2)cc1. The lowest BCUT2D eigenvalue weighted by atomic mass is 9.95. The zero-order valence-corrected chi connectivity index (χ0v) is 24.4. The fourth-order valence-corrected chi connectivity index (χ4v) is 10.4. The Morgan fingerprint density at radius 3 is 1.35 bits per heavy atom. The fourth-order valence-electron chi connectivity index (χ4n) is 5.82. The molecule has 5 aromatic rings. The molecule has 0 atom stereocenters. The molecule has 0 radical (unpaired) electrons. The average Bonchev–Trinajstić information content (AvgIpc) is 3.01. The molecule has 0 unspecified atom stereocenters. The van der Waals surface area contributed by atoms with E-state index in [1.807, 2.05) is 0 Å². The second-order valence-electron chi connectivity index (χ2n) is 10.8. The van der Waals surface area contributed by atoms with Crippen LogP contribution in [0, 0.1) is 20.8 Å². The van der Waals surface area contributed by atoms with Crippen molar-refractivity contribution < 1.29 is 0 Å². The highest BCUT2D eigenvalue weighted by molar-refractivity contribution is 7.96. The molecule has 0 aromatic heterocycles. The molecule has 0 saturated carbocycles. The summed E-state index contributed by atoms with van der Waals surface area (Å²) < 4.78 is 0. The van der Waals surface area contributed by atoms with Gasteiger partial charge >= 0.3 is 0 Å². The topological polar surface area (TPSA) is 0 Å². The smallest absolute Gasteiger partial charge is 0.00777 e. The molecular formula is C39H35P. The van der Waals surface area contributed by atoms with Crippen molar-refractivity contribution in [2.24, 2.45) is 0 Å². The summed E-state index contributed by atoms with van der Waals surface area (Å²) in [6.07, 6.45) is 7.83. The molecule has 0 aliphatic heterocycles. The van der Waals surface area contributed by atoms with Crippen molar-refractivity contribution in [3.05, 3.63) is 168 Å². The van der Waals surface area contributed by atoms with E-state index in [-0.39, 0.29) is 0 Å². The molecule has 0 amide bonds. The lowest BCUT2D eigenvalue weighted by molar-refractivity contribution is 1.47. The van der Waals surface area contributed by atoms with E-state index < -0.39 is 6.89 Å². The summed E-state index contributed by atoms with van der Waals surface area (Å²) in [5.41, 5.74) is 8.97. The van der Waals surface area contributed by atoms with E-state index in [4.69, 9.17) is 0 Å². The number of hydrogen-bond acceptors (Lipinski definition) is 0. The third-order valence-electron chi connectivity index (χ3n) is 7.99. The zero-order chi connectivity index (χ0) is 27.5. The first-order valence-electron chi connectivity index (χ1n) is 14.1. The number of hydrogen-bond donors (Lipinski definition) is 0. The Kier molecular flexibility index (Phi) is 7.29. The Balaban J connectivity index is 1.67. The summed E-state index contributed by atoms with van der Waals surface area (Å²) in [6, 6.07) is 47.8. The minimum atomic E-state index is -2.18. The highest BCUT2D eigenvalue weighted by Crippen LogP contribution is 2.50. The van der Waals surface area contributed by atoms with Gasteiger partial charge in [0.15, 0.2) is 0 Å². The van der Waals surface area contributed by atoms with Crippen molar-refractivity contribution in [1.82, 2.24) is 0 Å². The molecule has 1 aliphatic rings. The Hall–Kier alpha value is -4.12. The fraction of sp³-hybridized carbons (Fsp3) is 0.103. The van der Waals surface area contributed by atoms with E-state index in [1.165, 1.54) is 60.2 Å². The van der Waals surface area contributed by atoms with Crippen LogP contribution in [0.25, 0.3) is 16.7 Å². The summed E-state index contributed by atoms with van der Waals surface area (Å²) in [7, 11) is 0. The number of benzene rings is 5. The van der Waals surface area contributed by atoms with E-state index in [0.29, 0.717) is 0 Å². The van der Waals surface area contributed by atoms with Crippen LogP contribution in [0.3, 0.4) is 0 Å². The van der Waals surface area contributed by atoms with Gasteiger partial charge in [0.25, 0.3) is 0 Å². The van der Waals surface area contributed by atoms with Crippen molar-refractivity contribution in [3.8, 4) is 11.1 Å². The minimum Gasteiger partial charge on any atom is -0.0800 e. The Labute approximate surface area is 239 Å². The molecule has 1 heteroatoms. The summed E-state index contributed by atoms with van der Waals surface area (Å²) in [6.45, 7) is 4.35. The average molecular weight is 535 g/mol. The second-order valence-corrected chi connectivity index (χ2v) is 14.2. The lowest BCUT2D eigenvalue weighted by Gasteiger charge is -2.35. The molecule has 0 spiro atoms. The van der Waals surface area contributed by atoms with Gasteiger partial charge in [-0.15, -0.1) is 0 Å². The first kappa shape index (κ1) is 26.1. The highest BCUT2D eigenvalue weighted by atomic mass is 31.2. The van der Waals surface area contributed by atoms with E-state index in [0.717, 1.165) is 6.42 Å². The van der Waals surface area contributed by atoms with Crippen molar-refractivity contribution in [2.45, 2.75) is 27.2 Å². The molecule has 0 bridgehead atoms. The van der Waals surface area contributed by atoms with Crippen molar-refractivity contribution in [3.63, 3.8) is 0 Å². The van der Waals surface area contributed by atoms with Crippen LogP contribution in [-0.2, 0) is 0 Å². The molecule has 6 rings (SSSR count). The molecule has 0 saturated heterocycles. The van der Waals surface area contributed by atoms with Gasteiger partial charge < -0.3 is 0 Å². The third kappa shape index (κ3) is 4.85. The van der Waals surface area contributed by atoms with Crippen LogP contribution in [0.2, 0.25) is 0 Å². The Bertz CT molecular complexity index is 1610. The van der Waals surface area contributed by atoms with E-state index in [2.05, 4.69) is 166 Å². The highest BCUT2D eigenvalue weighted by Gasteiger charge is 2.32. The summed E-state index contributed by atoms with van der Waals surface area (Å²) in [5, 5.41) is 5.73. The number of rotatable bonds is 5. The standard InChI is InChI=1S/C39H35P/c1-29-13-23-35(24-14-29)40(36-25-15-30(2)16-26-36,37-27-17-31(3)18-28-37)39-12-8-7-11-38(39)34-21-19-33(20-22-34)32-9-5-4-6-10-32/h4-11,13-28H,12H2,1-3H3. The molecule has 196 valence electrons. The molecule has 40 heavy (non-hydrogen) atoms. The maximum Gasteiger partial charge on any atom is -0.00777 e. The molecule has 1 aliphatic carbocycles. The van der Waals surface area contributed by atoms with Gasteiger partial charge in [0.2, 0.25) is 0 Å². The molecule has 0 nitrogen and oxygen atoms in total. The van der Waals surface area contributed by atoms with Crippen LogP contribution in [-0.4, -0.2) is 5.29 Å². The van der Waals surface area contributed by atoms with Crippen LogP contribution in [0.5, 0.6) is 0 Å². The van der Waals surface area contributed by atoms with Crippen molar-refractivity contribution in [1.29, 1.82) is 0 Å². The van der Waals surface area contributed by atoms with Crippen LogP contribution in [0.15, 0.2) is 146 Å². The first-order valence-corrected chi connectivity index (χ1v) is 15.8. The molecule has 0 N–H and O–H groups in total. The van der Waals surface area contributed by atoms with Gasteiger partial charge in [0.05, 0.1) is 0 Å². The monoisotopic (exact) mass is 534 g/mol. The van der Waals surface area contributed by atoms with Crippen LogP contribution >= 0.6 is 6.89 Å². The largest absolute Gasteiger partial charge is 0.0800 e. The number of aryl methyl sites for hydroxylation is 3. The minimum absolute atomic E-state index is 0.926. The number of allylic oxidation sites excluding steroid dienone is 4. The van der Waals surface area contributed by atoms with Gasteiger partial charge in [-0.1, -0.05) is 162 Å². The lowest BCUT2D eigenvalue weighted by Crippen LogP contribution is -2.31. The van der Waals surface area contributed by atoms with Crippen LogP contribution in [0.1, 0.15) is 28.7 Å². The predicted molar refractivity (Wildman–Crippen MR) is 178 cm³/mol. The summed E-state index contributed by atoms with van der Waals surface area (Å²) >= 11 is 0. The molecule has 5 aromatic carbocycles. The maximum atomic E-state index is 2.38. The molecule has 0 fully saturated rings. The van der Waals surface area contributed by atoms with Gasteiger partial charge in [-0.2, -0.15) is 0 Å².